The molecule has 0 spiro atoms. The SMILES string of the molecule is C#Cc1cc(OCCC)c(C#C)cc1OCCC. The van der Waals surface area contributed by atoms with Crippen molar-refractivity contribution in [3.05, 3.63) is 23.3 Å². The van der Waals surface area contributed by atoms with Gasteiger partial charge in [0.2, 0.25) is 0 Å². The molecular weight excluding hydrogens is 224 g/mol. The summed E-state index contributed by atoms with van der Waals surface area (Å²) in [6.45, 7) is 5.31. The standard InChI is InChI=1S/C16H18O2/c1-5-9-17-15-11-14(8-4)16(18-10-6-2)12-13(15)7-3/h3-4,11-12H,5-6,9-10H2,1-2H3. The Balaban J connectivity index is 3.08. The predicted molar refractivity (Wildman–Crippen MR) is 73.9 cm³/mol. The molecule has 1 aromatic carbocycles. The van der Waals surface area contributed by atoms with E-state index >= 15 is 0 Å². The Morgan fingerprint density at radius 3 is 1.56 bits per heavy atom. The molecule has 18 heavy (non-hydrogen) atoms. The second kappa shape index (κ2) is 7.30. The Morgan fingerprint density at radius 2 is 1.28 bits per heavy atom. The van der Waals surface area contributed by atoms with Crippen LogP contribution in [0, 0.1) is 24.7 Å². The van der Waals surface area contributed by atoms with E-state index < -0.39 is 0 Å². The van der Waals surface area contributed by atoms with Gasteiger partial charge >= 0.3 is 0 Å². The van der Waals surface area contributed by atoms with Crippen LogP contribution < -0.4 is 9.47 Å². The summed E-state index contributed by atoms with van der Waals surface area (Å²) in [5.74, 6) is 6.50. The van der Waals surface area contributed by atoms with Crippen molar-refractivity contribution < 1.29 is 9.47 Å². The Morgan fingerprint density at radius 1 is 0.889 bits per heavy atom. The Bertz CT molecular complexity index is 429. The molecule has 0 N–H and O–H groups in total. The van der Waals surface area contributed by atoms with Crippen LogP contribution in [0.25, 0.3) is 0 Å². The van der Waals surface area contributed by atoms with Crippen LogP contribution >= 0.6 is 0 Å². The Kier molecular flexibility index (Phi) is 5.68. The number of ether oxygens (including phenoxy) is 2. The second-order valence-corrected chi connectivity index (χ2v) is 3.83. The summed E-state index contributed by atoms with van der Waals surface area (Å²) in [7, 11) is 0. The molecule has 0 saturated carbocycles. The van der Waals surface area contributed by atoms with E-state index in [1.54, 1.807) is 12.1 Å². The van der Waals surface area contributed by atoms with E-state index in [2.05, 4.69) is 11.8 Å². The van der Waals surface area contributed by atoms with Crippen molar-refractivity contribution in [1.82, 2.24) is 0 Å². The van der Waals surface area contributed by atoms with Gasteiger partial charge in [-0.1, -0.05) is 25.7 Å². The van der Waals surface area contributed by atoms with E-state index in [1.807, 2.05) is 13.8 Å². The summed E-state index contributed by atoms with van der Waals surface area (Å²) in [6, 6.07) is 3.55. The highest BCUT2D eigenvalue weighted by atomic mass is 16.5. The van der Waals surface area contributed by atoms with Crippen molar-refractivity contribution in [2.24, 2.45) is 0 Å². The van der Waals surface area contributed by atoms with Gasteiger partial charge in [-0.15, -0.1) is 12.8 Å². The molecule has 0 fully saturated rings. The van der Waals surface area contributed by atoms with E-state index in [4.69, 9.17) is 22.3 Å². The van der Waals surface area contributed by atoms with E-state index in [0.29, 0.717) is 35.8 Å². The predicted octanol–water partition coefficient (Wildman–Crippen LogP) is 3.23. The monoisotopic (exact) mass is 242 g/mol. The van der Waals surface area contributed by atoms with Gasteiger partial charge in [0.1, 0.15) is 11.5 Å². The molecule has 94 valence electrons. The molecule has 0 radical (unpaired) electrons. The van der Waals surface area contributed by atoms with Gasteiger partial charge in [-0.3, -0.25) is 0 Å². The molecule has 1 aromatic rings. The first-order valence-electron chi connectivity index (χ1n) is 6.13. The zero-order chi connectivity index (χ0) is 13.4. The first-order valence-corrected chi connectivity index (χ1v) is 6.13. The lowest BCUT2D eigenvalue weighted by atomic mass is 10.1. The number of terminal acetylenes is 2. The van der Waals surface area contributed by atoms with Crippen LogP contribution in [0.2, 0.25) is 0 Å². The zero-order valence-electron chi connectivity index (χ0n) is 11.0. The fourth-order valence-electron chi connectivity index (χ4n) is 1.45. The summed E-state index contributed by atoms with van der Waals surface area (Å²) in [4.78, 5) is 0. The molecule has 0 heterocycles. The Labute approximate surface area is 109 Å². The van der Waals surface area contributed by atoms with E-state index in [1.165, 1.54) is 0 Å². The van der Waals surface area contributed by atoms with Gasteiger partial charge in [-0.05, 0) is 12.8 Å². The molecule has 0 aliphatic heterocycles. The summed E-state index contributed by atoms with van der Waals surface area (Å²) in [5, 5.41) is 0. The number of rotatable bonds is 6. The fourth-order valence-corrected chi connectivity index (χ4v) is 1.45. The van der Waals surface area contributed by atoms with Gasteiger partial charge in [0.05, 0.1) is 24.3 Å². The fraction of sp³-hybridized carbons (Fsp3) is 0.375. The van der Waals surface area contributed by atoms with Crippen molar-refractivity contribution in [1.29, 1.82) is 0 Å². The Hall–Kier alpha value is -2.06. The summed E-state index contributed by atoms with van der Waals surface area (Å²) in [5.41, 5.74) is 1.35. The van der Waals surface area contributed by atoms with Crippen molar-refractivity contribution in [3.8, 4) is 36.2 Å². The topological polar surface area (TPSA) is 18.5 Å². The van der Waals surface area contributed by atoms with Crippen molar-refractivity contribution in [3.63, 3.8) is 0 Å². The average molecular weight is 242 g/mol. The van der Waals surface area contributed by atoms with Gasteiger partial charge in [0.25, 0.3) is 0 Å². The molecule has 0 aliphatic rings. The molecule has 0 aromatic heterocycles. The lowest BCUT2D eigenvalue weighted by molar-refractivity contribution is 0.307. The molecule has 0 amide bonds. The molecule has 0 bridgehead atoms. The van der Waals surface area contributed by atoms with Crippen LogP contribution in [-0.4, -0.2) is 13.2 Å². The second-order valence-electron chi connectivity index (χ2n) is 3.83. The lowest BCUT2D eigenvalue weighted by Crippen LogP contribution is -2.01. The molecular formula is C16H18O2. The quantitative estimate of drug-likeness (QED) is 0.713. The van der Waals surface area contributed by atoms with Crippen molar-refractivity contribution >= 4 is 0 Å². The maximum absolute atomic E-state index is 5.59. The van der Waals surface area contributed by atoms with E-state index in [9.17, 15) is 0 Å². The van der Waals surface area contributed by atoms with E-state index in [0.717, 1.165) is 12.8 Å². The van der Waals surface area contributed by atoms with Gasteiger partial charge < -0.3 is 9.47 Å². The number of hydrogen-bond acceptors (Lipinski definition) is 2. The highest BCUT2D eigenvalue weighted by molar-refractivity contribution is 5.57. The molecule has 0 unspecified atom stereocenters. The van der Waals surface area contributed by atoms with Crippen LogP contribution in [0.3, 0.4) is 0 Å². The summed E-state index contributed by atoms with van der Waals surface area (Å²) < 4.78 is 11.2. The highest BCUT2D eigenvalue weighted by Gasteiger charge is 2.09. The van der Waals surface area contributed by atoms with Gasteiger partial charge in [-0.25, -0.2) is 0 Å². The van der Waals surface area contributed by atoms with Crippen LogP contribution in [0.4, 0.5) is 0 Å². The molecule has 2 nitrogen and oxygen atoms in total. The minimum absolute atomic E-state index is 0.619. The lowest BCUT2D eigenvalue weighted by Gasteiger charge is -2.12. The summed E-state index contributed by atoms with van der Waals surface area (Å²) in [6.07, 6.45) is 12.8. The van der Waals surface area contributed by atoms with Crippen molar-refractivity contribution in [2.75, 3.05) is 13.2 Å². The first kappa shape index (κ1) is 14.0. The first-order chi connectivity index (χ1) is 8.76. The normalized spacial score (nSPS) is 9.33. The average Bonchev–Trinajstić information content (AvgIpc) is 2.42. The highest BCUT2D eigenvalue weighted by Crippen LogP contribution is 2.28. The molecule has 0 saturated heterocycles. The molecule has 0 aliphatic carbocycles. The minimum Gasteiger partial charge on any atom is -0.492 e. The largest absolute Gasteiger partial charge is 0.492 e. The zero-order valence-corrected chi connectivity index (χ0v) is 11.0. The smallest absolute Gasteiger partial charge is 0.136 e. The van der Waals surface area contributed by atoms with Gasteiger partial charge in [0.15, 0.2) is 0 Å². The third-order valence-electron chi connectivity index (χ3n) is 2.32. The van der Waals surface area contributed by atoms with Crippen LogP contribution in [0.1, 0.15) is 37.8 Å². The molecule has 2 heteroatoms. The maximum atomic E-state index is 5.59. The number of benzene rings is 1. The van der Waals surface area contributed by atoms with Crippen LogP contribution in [0.15, 0.2) is 12.1 Å². The maximum Gasteiger partial charge on any atom is 0.136 e. The van der Waals surface area contributed by atoms with E-state index in [-0.39, 0.29) is 0 Å². The molecule has 1 rings (SSSR count). The van der Waals surface area contributed by atoms with Crippen molar-refractivity contribution in [2.45, 2.75) is 26.7 Å². The minimum atomic E-state index is 0.619. The molecule has 0 atom stereocenters. The third-order valence-corrected chi connectivity index (χ3v) is 2.32. The van der Waals surface area contributed by atoms with Gasteiger partial charge in [-0.2, -0.15) is 0 Å². The third kappa shape index (κ3) is 3.47. The van der Waals surface area contributed by atoms with Crippen LogP contribution in [0.5, 0.6) is 11.5 Å². The van der Waals surface area contributed by atoms with Gasteiger partial charge in [0, 0.05) is 12.1 Å². The summed E-state index contributed by atoms with van der Waals surface area (Å²) >= 11 is 0. The number of hydrogen-bond donors (Lipinski definition) is 0. The van der Waals surface area contributed by atoms with Crippen LogP contribution in [-0.2, 0) is 0 Å².